The number of hydrogen-bond donors (Lipinski definition) is 0. The zero-order valence-corrected chi connectivity index (χ0v) is 7.85. The first-order chi connectivity index (χ1) is 2.39. The van der Waals surface area contributed by atoms with Gasteiger partial charge in [-0.15, -0.1) is 0 Å². The molecule has 0 atom stereocenters. The van der Waals surface area contributed by atoms with Gasteiger partial charge in [0, 0.05) is 32.7 Å². The summed E-state index contributed by atoms with van der Waals surface area (Å²) < 4.78 is 0. The maximum atomic E-state index is 2.18. The number of rotatable bonds is 0. The average Bonchev–Trinajstić information content (AvgIpc) is 1.30. The zero-order valence-electron chi connectivity index (χ0n) is 5.02. The van der Waals surface area contributed by atoms with Crippen LogP contribution in [-0.2, 0) is 32.7 Å². The summed E-state index contributed by atoms with van der Waals surface area (Å²) in [5, 5.41) is 0. The van der Waals surface area contributed by atoms with Gasteiger partial charge in [-0.25, -0.2) is 0 Å². The van der Waals surface area contributed by atoms with Crippen molar-refractivity contribution in [2.24, 2.45) is 0 Å². The molecule has 0 amide bonds. The van der Waals surface area contributed by atoms with Crippen molar-refractivity contribution >= 4 is 0 Å². The third-order valence-electron chi connectivity index (χ3n) is 0.923. The molecule has 1 saturated heterocycles. The van der Waals surface area contributed by atoms with Gasteiger partial charge in [0.2, 0.25) is 0 Å². The van der Waals surface area contributed by atoms with E-state index in [1.165, 1.54) is 13.0 Å². The molecule has 0 N–H and O–H groups in total. The maximum Gasteiger partial charge on any atom is 0 e. The Balaban J connectivity index is 0. The van der Waals surface area contributed by atoms with Gasteiger partial charge in [-0.3, -0.25) is 6.54 Å². The summed E-state index contributed by atoms with van der Waals surface area (Å²) in [5.41, 5.74) is 0. The molecule has 1 aliphatic rings. The van der Waals surface area contributed by atoms with Crippen molar-refractivity contribution in [1.82, 2.24) is 4.90 Å². The molecular formula is C5H11NY-2. The van der Waals surface area contributed by atoms with Crippen molar-refractivity contribution in [3.63, 3.8) is 0 Å². The Morgan fingerprint density at radius 2 is 1.86 bits per heavy atom. The first-order valence-electron chi connectivity index (χ1n) is 1.93. The molecule has 1 rings (SSSR count). The van der Waals surface area contributed by atoms with Crippen molar-refractivity contribution < 1.29 is 32.7 Å². The molecule has 41 valence electrons. The average molecular weight is 174 g/mol. The number of hydrogen-bond acceptors (Lipinski definition) is 1. The van der Waals surface area contributed by atoms with Gasteiger partial charge in [0.25, 0.3) is 0 Å². The molecule has 1 radical (unpaired) electrons. The first kappa shape index (κ1) is 10.9. The van der Waals surface area contributed by atoms with E-state index in [1.807, 2.05) is 0 Å². The minimum absolute atomic E-state index is 0. The second-order valence-corrected chi connectivity index (χ2v) is 1.45. The molecular weight excluding hydrogens is 163 g/mol. The Bertz CT molecular complexity index is 35.1. The Hall–Kier alpha value is 1.06. The van der Waals surface area contributed by atoms with Crippen molar-refractivity contribution in [1.29, 1.82) is 0 Å². The summed E-state index contributed by atoms with van der Waals surface area (Å²) in [7, 11) is 2.09. The monoisotopic (exact) mass is 174 g/mol. The molecule has 0 aromatic heterocycles. The van der Waals surface area contributed by atoms with E-state index in [0.29, 0.717) is 0 Å². The molecule has 0 bridgehead atoms. The second kappa shape index (κ2) is 5.21. The van der Waals surface area contributed by atoms with Crippen molar-refractivity contribution in [2.75, 3.05) is 13.6 Å². The fourth-order valence-corrected chi connectivity index (χ4v) is 0.387. The SMILES string of the molecule is CN1[CH-]CC1.[CH3-].[Y]. The van der Waals surface area contributed by atoms with Crippen LogP contribution in [0.3, 0.4) is 0 Å². The molecule has 1 aliphatic heterocycles. The minimum Gasteiger partial charge on any atom is -0.461 e. The van der Waals surface area contributed by atoms with Gasteiger partial charge in [0.1, 0.15) is 0 Å². The molecule has 1 heterocycles. The number of nitrogens with zero attached hydrogens (tertiary/aromatic N) is 1. The van der Waals surface area contributed by atoms with Crippen LogP contribution in [0, 0.1) is 14.0 Å². The van der Waals surface area contributed by atoms with Gasteiger partial charge in [-0.05, 0) is 7.05 Å². The van der Waals surface area contributed by atoms with Gasteiger partial charge >= 0.3 is 0 Å². The molecule has 0 spiro atoms. The number of likely N-dealkylation sites (tertiary alicyclic amines) is 1. The maximum absolute atomic E-state index is 2.18. The van der Waals surface area contributed by atoms with Gasteiger partial charge < -0.3 is 12.3 Å². The van der Waals surface area contributed by atoms with Crippen LogP contribution >= 0.6 is 0 Å². The zero-order chi connectivity index (χ0) is 3.70. The molecule has 1 fully saturated rings. The van der Waals surface area contributed by atoms with Crippen molar-refractivity contribution in [2.45, 2.75) is 6.42 Å². The van der Waals surface area contributed by atoms with Crippen molar-refractivity contribution in [3.8, 4) is 0 Å². The van der Waals surface area contributed by atoms with Crippen LogP contribution in [0.1, 0.15) is 6.42 Å². The normalized spacial score (nSPS) is 18.4. The summed E-state index contributed by atoms with van der Waals surface area (Å²) in [5.74, 6) is 0. The van der Waals surface area contributed by atoms with E-state index in [4.69, 9.17) is 0 Å². The van der Waals surface area contributed by atoms with Crippen LogP contribution in [0.4, 0.5) is 0 Å². The first-order valence-corrected chi connectivity index (χ1v) is 1.93. The standard InChI is InChI=1S/C4H8N.CH3.Y/c1-5-3-2-4-5;;/h3H,2,4H2,1H3;1H3;/q2*-1;. The van der Waals surface area contributed by atoms with E-state index in [1.54, 1.807) is 0 Å². The summed E-state index contributed by atoms with van der Waals surface area (Å²) in [4.78, 5) is 2.18. The van der Waals surface area contributed by atoms with Gasteiger partial charge in [-0.2, -0.15) is 6.42 Å². The van der Waals surface area contributed by atoms with Crippen LogP contribution in [0.15, 0.2) is 0 Å². The Morgan fingerprint density at radius 3 is 1.86 bits per heavy atom. The summed E-state index contributed by atoms with van der Waals surface area (Å²) in [6.45, 7) is 3.44. The van der Waals surface area contributed by atoms with Crippen LogP contribution in [0.25, 0.3) is 0 Å². The largest absolute Gasteiger partial charge is 0.461 e. The molecule has 7 heavy (non-hydrogen) atoms. The minimum atomic E-state index is 0. The van der Waals surface area contributed by atoms with E-state index in [2.05, 4.69) is 18.5 Å². The molecule has 0 aromatic carbocycles. The van der Waals surface area contributed by atoms with E-state index in [9.17, 15) is 0 Å². The quantitative estimate of drug-likeness (QED) is 0.494. The molecule has 0 unspecified atom stereocenters. The predicted octanol–water partition coefficient (Wildman–Crippen LogP) is 0.931. The molecule has 0 saturated carbocycles. The van der Waals surface area contributed by atoms with Crippen LogP contribution in [0.5, 0.6) is 0 Å². The van der Waals surface area contributed by atoms with Crippen LogP contribution in [-0.4, -0.2) is 18.5 Å². The fourth-order valence-electron chi connectivity index (χ4n) is 0.387. The molecule has 2 heteroatoms. The predicted molar refractivity (Wildman–Crippen MR) is 28.0 cm³/mol. The summed E-state index contributed by atoms with van der Waals surface area (Å²) in [6.07, 6.45) is 1.29. The Labute approximate surface area is 71.3 Å². The smallest absolute Gasteiger partial charge is 0 e. The second-order valence-electron chi connectivity index (χ2n) is 1.45. The van der Waals surface area contributed by atoms with Crippen LogP contribution in [0.2, 0.25) is 0 Å². The Kier molecular flexibility index (Phi) is 8.14. The summed E-state index contributed by atoms with van der Waals surface area (Å²) in [6, 6.07) is 0. The van der Waals surface area contributed by atoms with Crippen LogP contribution < -0.4 is 0 Å². The van der Waals surface area contributed by atoms with Gasteiger partial charge in [0.05, 0.1) is 0 Å². The van der Waals surface area contributed by atoms with E-state index in [0.717, 1.165) is 0 Å². The summed E-state index contributed by atoms with van der Waals surface area (Å²) >= 11 is 0. The van der Waals surface area contributed by atoms with Gasteiger partial charge in [-0.1, -0.05) is 6.54 Å². The van der Waals surface area contributed by atoms with E-state index < -0.39 is 0 Å². The van der Waals surface area contributed by atoms with E-state index in [-0.39, 0.29) is 40.1 Å². The fraction of sp³-hybridized carbons (Fsp3) is 0.600. The molecule has 1 nitrogen and oxygen atoms in total. The van der Waals surface area contributed by atoms with Gasteiger partial charge in [0.15, 0.2) is 0 Å². The Morgan fingerprint density at radius 1 is 1.57 bits per heavy atom. The van der Waals surface area contributed by atoms with Crippen molar-refractivity contribution in [3.05, 3.63) is 14.0 Å². The third-order valence-corrected chi connectivity index (χ3v) is 0.923. The van der Waals surface area contributed by atoms with E-state index >= 15 is 0 Å². The third kappa shape index (κ3) is 3.63. The molecule has 0 aromatic rings. The topological polar surface area (TPSA) is 3.24 Å². The molecule has 0 aliphatic carbocycles.